The highest BCUT2D eigenvalue weighted by Gasteiger charge is 2.58. The lowest BCUT2D eigenvalue weighted by Gasteiger charge is -2.38. The van der Waals surface area contributed by atoms with Crippen LogP contribution in [0.3, 0.4) is 0 Å². The number of fused-ring (bicyclic) bond motifs is 1. The van der Waals surface area contributed by atoms with Gasteiger partial charge in [0.05, 0.1) is 44.5 Å². The highest BCUT2D eigenvalue weighted by Crippen LogP contribution is 2.44. The molecule has 3 aromatic carbocycles. The minimum absolute atomic E-state index is 0.125. The van der Waals surface area contributed by atoms with Crippen molar-refractivity contribution in [3.05, 3.63) is 82.5 Å². The first-order valence-electron chi connectivity index (χ1n) is 16.4. The summed E-state index contributed by atoms with van der Waals surface area (Å²) in [7, 11) is 2.98. The molecule has 1 fully saturated rings. The Labute approximate surface area is 288 Å². The number of carbonyl (C=O) groups excluding carboxylic acids is 1. The minimum atomic E-state index is -5.06. The SMILES string of the molecule is CCOC(=O)CCc1cc(OC)c(OC2CCN(CC(O)(c3nn(Cc4cccc(C)c4)c4cc(C#N)ccc34)C(F)(F)F)CC2)c(OC)c1. The van der Waals surface area contributed by atoms with Crippen LogP contribution in [0.15, 0.2) is 54.6 Å². The average Bonchev–Trinajstić information content (AvgIpc) is 3.45. The van der Waals surface area contributed by atoms with Crippen molar-refractivity contribution in [2.75, 3.05) is 40.5 Å². The number of carbonyl (C=O) groups is 1. The molecule has 1 aliphatic heterocycles. The minimum Gasteiger partial charge on any atom is -0.493 e. The number of β-amino-alcohol motifs (C(OH)–C–C–N with tert-alkyl or cyclic N) is 1. The van der Waals surface area contributed by atoms with Gasteiger partial charge in [0.15, 0.2) is 11.5 Å². The quantitative estimate of drug-likeness (QED) is 0.166. The Hall–Kier alpha value is -4.80. The van der Waals surface area contributed by atoms with E-state index in [4.69, 9.17) is 18.9 Å². The van der Waals surface area contributed by atoms with Gasteiger partial charge in [0.2, 0.25) is 11.4 Å². The molecule has 2 heterocycles. The Kier molecular flexibility index (Phi) is 11.2. The second-order valence-electron chi connectivity index (χ2n) is 12.4. The van der Waals surface area contributed by atoms with Gasteiger partial charge in [-0.1, -0.05) is 29.8 Å². The summed E-state index contributed by atoms with van der Waals surface area (Å²) in [5, 5.41) is 25.6. The van der Waals surface area contributed by atoms with Crippen molar-refractivity contribution >= 4 is 16.9 Å². The van der Waals surface area contributed by atoms with E-state index in [1.54, 1.807) is 24.0 Å². The lowest BCUT2D eigenvalue weighted by atomic mass is 9.93. The van der Waals surface area contributed by atoms with Gasteiger partial charge in [-0.2, -0.15) is 23.5 Å². The summed E-state index contributed by atoms with van der Waals surface area (Å²) in [6.07, 6.45) is -4.08. The normalized spacial score (nSPS) is 15.3. The molecule has 50 heavy (non-hydrogen) atoms. The molecule has 1 saturated heterocycles. The van der Waals surface area contributed by atoms with E-state index >= 15 is 0 Å². The number of alkyl halides is 3. The fourth-order valence-electron chi connectivity index (χ4n) is 6.30. The van der Waals surface area contributed by atoms with E-state index in [-0.39, 0.29) is 49.1 Å². The second-order valence-corrected chi connectivity index (χ2v) is 12.4. The molecular weight excluding hydrogens is 653 g/mol. The molecule has 10 nitrogen and oxygen atoms in total. The standard InChI is InChI=1S/C37H41F3N4O6/c1-5-49-33(45)12-10-25-19-31(47-3)34(32(20-25)48-4)50-28-13-15-43(16-14-28)23-36(46,37(38,39)40)35-29-11-9-26(21-41)18-30(29)44(42-35)22-27-8-6-7-24(2)17-27/h6-9,11,17-20,28,46H,5,10,12-16,22-23H2,1-4H3. The number of rotatable bonds is 13. The molecule has 0 aliphatic carbocycles. The van der Waals surface area contributed by atoms with E-state index in [9.17, 15) is 28.3 Å². The first-order chi connectivity index (χ1) is 23.9. The molecule has 1 aromatic heterocycles. The third-order valence-corrected chi connectivity index (χ3v) is 8.87. The molecule has 13 heteroatoms. The summed E-state index contributed by atoms with van der Waals surface area (Å²) in [5.41, 5.74) is -0.615. The van der Waals surface area contributed by atoms with Gasteiger partial charge in [-0.05, 0) is 74.6 Å². The van der Waals surface area contributed by atoms with E-state index in [0.29, 0.717) is 48.6 Å². The third kappa shape index (κ3) is 7.98. The van der Waals surface area contributed by atoms with Crippen molar-refractivity contribution < 1.29 is 42.0 Å². The summed E-state index contributed by atoms with van der Waals surface area (Å²) >= 11 is 0. The van der Waals surface area contributed by atoms with E-state index < -0.39 is 24.0 Å². The third-order valence-electron chi connectivity index (χ3n) is 8.87. The van der Waals surface area contributed by atoms with Crippen molar-refractivity contribution in [1.29, 1.82) is 5.26 Å². The maximum Gasteiger partial charge on any atom is 0.424 e. The maximum absolute atomic E-state index is 15.0. The van der Waals surface area contributed by atoms with Crippen LogP contribution in [0.1, 0.15) is 54.1 Å². The highest BCUT2D eigenvalue weighted by molar-refractivity contribution is 5.84. The molecule has 0 saturated carbocycles. The van der Waals surface area contributed by atoms with Crippen molar-refractivity contribution in [3.63, 3.8) is 0 Å². The topological polar surface area (TPSA) is 119 Å². The van der Waals surface area contributed by atoms with Gasteiger partial charge in [-0.25, -0.2) is 0 Å². The van der Waals surface area contributed by atoms with Crippen molar-refractivity contribution in [3.8, 4) is 23.3 Å². The van der Waals surface area contributed by atoms with Crippen LogP contribution in [-0.4, -0.2) is 78.5 Å². The first-order valence-corrected chi connectivity index (χ1v) is 16.4. The molecular formula is C37H41F3N4O6. The summed E-state index contributed by atoms with van der Waals surface area (Å²) in [6, 6.07) is 17.4. The Morgan fingerprint density at radius 1 is 1.04 bits per heavy atom. The molecule has 1 unspecified atom stereocenters. The van der Waals surface area contributed by atoms with Gasteiger partial charge in [-0.15, -0.1) is 0 Å². The number of methoxy groups -OCH3 is 2. The average molecular weight is 695 g/mol. The second kappa shape index (κ2) is 15.4. The van der Waals surface area contributed by atoms with Crippen LogP contribution in [-0.2, 0) is 28.1 Å². The Morgan fingerprint density at radius 2 is 1.74 bits per heavy atom. The first kappa shape index (κ1) is 36.5. The molecule has 5 rings (SSSR count). The Bertz CT molecular complexity index is 1840. The molecule has 266 valence electrons. The zero-order valence-corrected chi connectivity index (χ0v) is 28.5. The molecule has 1 N–H and O–H groups in total. The molecule has 0 amide bonds. The molecule has 4 aromatic rings. The molecule has 0 radical (unpaired) electrons. The fourth-order valence-corrected chi connectivity index (χ4v) is 6.30. The predicted molar refractivity (Wildman–Crippen MR) is 179 cm³/mol. The lowest BCUT2D eigenvalue weighted by molar-refractivity contribution is -0.273. The van der Waals surface area contributed by atoms with E-state index in [1.807, 2.05) is 37.3 Å². The van der Waals surface area contributed by atoms with Crippen LogP contribution in [0.5, 0.6) is 17.2 Å². The number of esters is 1. The van der Waals surface area contributed by atoms with Crippen LogP contribution < -0.4 is 14.2 Å². The number of aromatic nitrogens is 2. The Balaban J connectivity index is 1.35. The predicted octanol–water partition coefficient (Wildman–Crippen LogP) is 6.07. The van der Waals surface area contributed by atoms with Crippen molar-refractivity contribution in [2.45, 2.75) is 64.0 Å². The lowest BCUT2D eigenvalue weighted by Crippen LogP contribution is -2.53. The Morgan fingerprint density at radius 3 is 2.34 bits per heavy atom. The van der Waals surface area contributed by atoms with Gasteiger partial charge in [0, 0.05) is 31.4 Å². The molecule has 0 spiro atoms. The highest BCUT2D eigenvalue weighted by atomic mass is 19.4. The number of benzene rings is 3. The van der Waals surface area contributed by atoms with Gasteiger partial charge in [0.1, 0.15) is 11.8 Å². The number of likely N-dealkylation sites (tertiary alicyclic amines) is 1. The van der Waals surface area contributed by atoms with Crippen LogP contribution in [0.2, 0.25) is 0 Å². The van der Waals surface area contributed by atoms with Gasteiger partial charge < -0.3 is 24.1 Å². The molecule has 1 atom stereocenters. The number of halogens is 3. The van der Waals surface area contributed by atoms with Crippen molar-refractivity contribution in [2.24, 2.45) is 0 Å². The number of hydrogen-bond donors (Lipinski definition) is 1. The number of hydrogen-bond acceptors (Lipinski definition) is 9. The van der Waals surface area contributed by atoms with Crippen LogP contribution in [0.25, 0.3) is 10.9 Å². The van der Waals surface area contributed by atoms with Gasteiger partial charge in [0.25, 0.3) is 0 Å². The monoisotopic (exact) mass is 694 g/mol. The van der Waals surface area contributed by atoms with Crippen LogP contribution >= 0.6 is 0 Å². The zero-order valence-electron chi connectivity index (χ0n) is 28.5. The van der Waals surface area contributed by atoms with Crippen LogP contribution in [0, 0.1) is 18.3 Å². The summed E-state index contributed by atoms with van der Waals surface area (Å²) in [5.74, 6) is 0.865. The fraction of sp³-hybridized carbons (Fsp3) is 0.432. The van der Waals surface area contributed by atoms with E-state index in [2.05, 4.69) is 5.10 Å². The van der Waals surface area contributed by atoms with Crippen molar-refractivity contribution in [1.82, 2.24) is 14.7 Å². The van der Waals surface area contributed by atoms with Gasteiger partial charge in [-0.3, -0.25) is 14.4 Å². The number of piperidine rings is 1. The molecule has 0 bridgehead atoms. The number of nitriles is 1. The largest absolute Gasteiger partial charge is 0.493 e. The zero-order chi connectivity index (χ0) is 36.1. The van der Waals surface area contributed by atoms with Crippen LogP contribution in [0.4, 0.5) is 13.2 Å². The number of aliphatic hydroxyl groups is 1. The number of ether oxygens (including phenoxy) is 4. The van der Waals surface area contributed by atoms with E-state index in [0.717, 1.165) is 16.7 Å². The van der Waals surface area contributed by atoms with E-state index in [1.165, 1.54) is 37.1 Å². The summed E-state index contributed by atoms with van der Waals surface area (Å²) in [6.45, 7) is 3.81. The summed E-state index contributed by atoms with van der Waals surface area (Å²) in [4.78, 5) is 13.4. The summed E-state index contributed by atoms with van der Waals surface area (Å²) < 4.78 is 68.7. The molecule has 1 aliphatic rings. The number of nitrogens with zero attached hydrogens (tertiary/aromatic N) is 4. The number of aryl methyl sites for hydroxylation is 2. The smallest absolute Gasteiger partial charge is 0.424 e. The van der Waals surface area contributed by atoms with Gasteiger partial charge >= 0.3 is 12.1 Å². The maximum atomic E-state index is 15.0.